The number of pyridine rings is 1. The van der Waals surface area contributed by atoms with Gasteiger partial charge in [0.15, 0.2) is 0 Å². The quantitative estimate of drug-likeness (QED) is 0.857. The highest BCUT2D eigenvalue weighted by atomic mass is 16.2. The van der Waals surface area contributed by atoms with Gasteiger partial charge in [-0.05, 0) is 37.8 Å². The number of hydrogen-bond donors (Lipinski definition) is 0. The first-order valence-electron chi connectivity index (χ1n) is 9.25. The van der Waals surface area contributed by atoms with Crippen LogP contribution in [0.25, 0.3) is 0 Å². The topological polar surface area (TPSA) is 53.5 Å². The molecule has 0 bridgehead atoms. The lowest BCUT2D eigenvalue weighted by atomic mass is 10.1. The van der Waals surface area contributed by atoms with E-state index in [1.54, 1.807) is 6.20 Å². The average molecular weight is 327 g/mol. The molecule has 0 N–H and O–H groups in total. The molecule has 24 heavy (non-hydrogen) atoms. The van der Waals surface area contributed by atoms with Gasteiger partial charge in [0.25, 0.3) is 0 Å². The van der Waals surface area contributed by atoms with E-state index in [2.05, 4.69) is 4.98 Å². The highest BCUT2D eigenvalue weighted by Crippen LogP contribution is 2.35. The summed E-state index contributed by atoms with van der Waals surface area (Å²) in [4.78, 5) is 33.8. The number of carbonyl (C=O) groups excluding carboxylic acids is 2. The number of rotatable bonds is 3. The van der Waals surface area contributed by atoms with Crippen molar-refractivity contribution in [1.82, 2.24) is 14.8 Å². The zero-order valence-corrected chi connectivity index (χ0v) is 14.1. The van der Waals surface area contributed by atoms with E-state index >= 15 is 0 Å². The van der Waals surface area contributed by atoms with Crippen LogP contribution in [-0.2, 0) is 9.59 Å². The second kappa shape index (κ2) is 6.54. The molecule has 0 spiro atoms. The Balaban J connectivity index is 1.46. The van der Waals surface area contributed by atoms with E-state index in [0.29, 0.717) is 19.0 Å². The van der Waals surface area contributed by atoms with Gasteiger partial charge in [-0.1, -0.05) is 18.9 Å². The fourth-order valence-corrected chi connectivity index (χ4v) is 4.61. The lowest BCUT2D eigenvalue weighted by Crippen LogP contribution is -2.39. The summed E-state index contributed by atoms with van der Waals surface area (Å²) >= 11 is 0. The second-order valence-corrected chi connectivity index (χ2v) is 7.33. The SMILES string of the molecule is O=C1C[C@@H](C(=O)N2CCC[C@@H]2c2ccccn2)CN1C1CCCC1. The Labute approximate surface area is 143 Å². The number of carbonyl (C=O) groups is 2. The Hall–Kier alpha value is -1.91. The molecule has 3 fully saturated rings. The summed E-state index contributed by atoms with van der Waals surface area (Å²) < 4.78 is 0. The zero-order chi connectivity index (χ0) is 16.5. The molecule has 2 amide bonds. The first-order chi connectivity index (χ1) is 11.7. The molecule has 1 saturated carbocycles. The number of amides is 2. The molecule has 3 aliphatic rings. The van der Waals surface area contributed by atoms with E-state index in [1.165, 1.54) is 12.8 Å². The predicted molar refractivity (Wildman–Crippen MR) is 90.0 cm³/mol. The van der Waals surface area contributed by atoms with Crippen molar-refractivity contribution in [1.29, 1.82) is 0 Å². The van der Waals surface area contributed by atoms with Gasteiger partial charge in [0.1, 0.15) is 0 Å². The smallest absolute Gasteiger partial charge is 0.228 e. The Morgan fingerprint density at radius 2 is 1.96 bits per heavy atom. The lowest BCUT2D eigenvalue weighted by molar-refractivity contribution is -0.136. The molecule has 5 nitrogen and oxygen atoms in total. The number of aromatic nitrogens is 1. The molecule has 1 aromatic heterocycles. The third kappa shape index (κ3) is 2.80. The van der Waals surface area contributed by atoms with Crippen molar-refractivity contribution < 1.29 is 9.59 Å². The van der Waals surface area contributed by atoms with Crippen molar-refractivity contribution in [2.75, 3.05) is 13.1 Å². The predicted octanol–water partition coefficient (Wildman–Crippen LogP) is 2.54. The maximum absolute atomic E-state index is 13.1. The number of nitrogens with zero attached hydrogens (tertiary/aromatic N) is 3. The minimum absolute atomic E-state index is 0.0781. The first kappa shape index (κ1) is 15.6. The van der Waals surface area contributed by atoms with Gasteiger partial charge in [0.05, 0.1) is 17.7 Å². The van der Waals surface area contributed by atoms with E-state index in [1.807, 2.05) is 28.0 Å². The molecule has 1 aromatic rings. The average Bonchev–Trinajstić information content (AvgIpc) is 3.35. The molecule has 1 aliphatic carbocycles. The molecular formula is C19H25N3O2. The van der Waals surface area contributed by atoms with Gasteiger partial charge in [-0.2, -0.15) is 0 Å². The van der Waals surface area contributed by atoms with Gasteiger partial charge in [0, 0.05) is 31.7 Å². The van der Waals surface area contributed by atoms with E-state index < -0.39 is 0 Å². The van der Waals surface area contributed by atoms with Crippen molar-refractivity contribution >= 4 is 11.8 Å². The second-order valence-electron chi connectivity index (χ2n) is 7.33. The van der Waals surface area contributed by atoms with Crippen LogP contribution in [0.1, 0.15) is 56.7 Å². The molecule has 3 heterocycles. The molecule has 128 valence electrons. The monoisotopic (exact) mass is 327 g/mol. The van der Waals surface area contributed by atoms with Crippen LogP contribution in [-0.4, -0.2) is 45.7 Å². The van der Waals surface area contributed by atoms with Crippen LogP contribution in [0.5, 0.6) is 0 Å². The standard InChI is InChI=1S/C19H25N3O2/c23-18-12-14(13-22(18)15-6-1-2-7-15)19(24)21-11-5-9-17(21)16-8-3-4-10-20-16/h3-4,8,10,14-15,17H,1-2,5-7,9,11-13H2/t14-,17-/m1/s1. The van der Waals surface area contributed by atoms with E-state index in [-0.39, 0.29) is 23.8 Å². The van der Waals surface area contributed by atoms with Crippen LogP contribution >= 0.6 is 0 Å². The molecule has 0 radical (unpaired) electrons. The molecule has 4 rings (SSSR count). The minimum atomic E-state index is -0.164. The van der Waals surface area contributed by atoms with Crippen molar-refractivity contribution in [3.05, 3.63) is 30.1 Å². The maximum Gasteiger partial charge on any atom is 0.228 e. The fraction of sp³-hybridized carbons (Fsp3) is 0.632. The molecular weight excluding hydrogens is 302 g/mol. The molecule has 2 saturated heterocycles. The molecule has 0 aromatic carbocycles. The third-order valence-electron chi connectivity index (χ3n) is 5.84. The van der Waals surface area contributed by atoms with Gasteiger partial charge < -0.3 is 9.80 Å². The summed E-state index contributed by atoms with van der Waals surface area (Å²) in [5.41, 5.74) is 0.973. The van der Waals surface area contributed by atoms with Gasteiger partial charge in [0.2, 0.25) is 11.8 Å². The van der Waals surface area contributed by atoms with Crippen LogP contribution in [0, 0.1) is 5.92 Å². The normalized spacial score (nSPS) is 28.1. The van der Waals surface area contributed by atoms with Crippen LogP contribution in [0.4, 0.5) is 0 Å². The van der Waals surface area contributed by atoms with E-state index in [0.717, 1.165) is 37.9 Å². The largest absolute Gasteiger partial charge is 0.339 e. The summed E-state index contributed by atoms with van der Waals surface area (Å²) in [6.07, 6.45) is 8.79. The van der Waals surface area contributed by atoms with Gasteiger partial charge in [-0.3, -0.25) is 14.6 Å². The summed E-state index contributed by atoms with van der Waals surface area (Å²) in [5, 5.41) is 0. The zero-order valence-electron chi connectivity index (χ0n) is 14.1. The van der Waals surface area contributed by atoms with Crippen molar-refractivity contribution in [3.63, 3.8) is 0 Å². The molecule has 5 heteroatoms. The van der Waals surface area contributed by atoms with Crippen LogP contribution in [0.2, 0.25) is 0 Å². The Morgan fingerprint density at radius 1 is 1.12 bits per heavy atom. The van der Waals surface area contributed by atoms with Crippen LogP contribution in [0.3, 0.4) is 0 Å². The third-order valence-corrected chi connectivity index (χ3v) is 5.84. The molecule has 0 unspecified atom stereocenters. The van der Waals surface area contributed by atoms with Crippen molar-refractivity contribution in [3.8, 4) is 0 Å². The highest BCUT2D eigenvalue weighted by molar-refractivity contribution is 5.89. The van der Waals surface area contributed by atoms with E-state index in [9.17, 15) is 9.59 Å². The summed E-state index contributed by atoms with van der Waals surface area (Å²) in [6, 6.07) is 6.33. The highest BCUT2D eigenvalue weighted by Gasteiger charge is 2.42. The Kier molecular flexibility index (Phi) is 4.25. The van der Waals surface area contributed by atoms with Crippen LogP contribution in [0.15, 0.2) is 24.4 Å². The van der Waals surface area contributed by atoms with Gasteiger partial charge in [-0.15, -0.1) is 0 Å². The number of likely N-dealkylation sites (tertiary alicyclic amines) is 2. The van der Waals surface area contributed by atoms with Crippen molar-refractivity contribution in [2.45, 2.75) is 57.0 Å². The van der Waals surface area contributed by atoms with Gasteiger partial charge in [-0.25, -0.2) is 0 Å². The van der Waals surface area contributed by atoms with Crippen molar-refractivity contribution in [2.24, 2.45) is 5.92 Å². The Morgan fingerprint density at radius 3 is 2.71 bits per heavy atom. The number of hydrogen-bond acceptors (Lipinski definition) is 3. The van der Waals surface area contributed by atoms with Crippen LogP contribution < -0.4 is 0 Å². The minimum Gasteiger partial charge on any atom is -0.339 e. The van der Waals surface area contributed by atoms with Gasteiger partial charge >= 0.3 is 0 Å². The summed E-state index contributed by atoms with van der Waals surface area (Å²) in [5.74, 6) is 0.160. The lowest BCUT2D eigenvalue weighted by Gasteiger charge is -2.28. The first-order valence-corrected chi connectivity index (χ1v) is 9.25. The molecule has 2 atom stereocenters. The summed E-state index contributed by atoms with van der Waals surface area (Å²) in [6.45, 7) is 1.40. The summed E-state index contributed by atoms with van der Waals surface area (Å²) in [7, 11) is 0. The Bertz CT molecular complexity index is 612. The maximum atomic E-state index is 13.1. The molecule has 2 aliphatic heterocycles. The van der Waals surface area contributed by atoms with E-state index in [4.69, 9.17) is 0 Å². The fourth-order valence-electron chi connectivity index (χ4n) is 4.61.